The van der Waals surface area contributed by atoms with Gasteiger partial charge in [-0.05, 0) is 30.5 Å². The highest BCUT2D eigenvalue weighted by molar-refractivity contribution is 14.0. The Morgan fingerprint density at radius 1 is 1.12 bits per heavy atom. The summed E-state index contributed by atoms with van der Waals surface area (Å²) in [5.74, 6) is 3.41. The van der Waals surface area contributed by atoms with Crippen LogP contribution in [0.5, 0.6) is 0 Å². The minimum atomic E-state index is 0. The second-order valence-electron chi connectivity index (χ2n) is 6.67. The number of halogens is 1. The van der Waals surface area contributed by atoms with Gasteiger partial charge in [-0.15, -0.1) is 24.0 Å². The molecule has 1 aromatic rings. The number of guanidine groups is 1. The van der Waals surface area contributed by atoms with Crippen LogP contribution in [-0.2, 0) is 6.54 Å². The van der Waals surface area contributed by atoms with Gasteiger partial charge in [0.2, 0.25) is 0 Å². The molecule has 2 N–H and O–H groups in total. The van der Waals surface area contributed by atoms with E-state index in [1.165, 1.54) is 68.0 Å². The summed E-state index contributed by atoms with van der Waals surface area (Å²) in [4.78, 5) is 6.86. The molecule has 1 heterocycles. The van der Waals surface area contributed by atoms with E-state index < -0.39 is 0 Å². The molecule has 1 saturated heterocycles. The summed E-state index contributed by atoms with van der Waals surface area (Å²) in [6.07, 6.45) is 6.59. The van der Waals surface area contributed by atoms with Gasteiger partial charge < -0.3 is 15.5 Å². The molecule has 0 spiro atoms. The number of aliphatic imine (C=N–C) groups is 1. The molecule has 6 heteroatoms. The number of anilines is 1. The van der Waals surface area contributed by atoms with Gasteiger partial charge in [0, 0.05) is 49.9 Å². The zero-order valence-corrected chi connectivity index (χ0v) is 18.3. The van der Waals surface area contributed by atoms with Crippen LogP contribution in [0.4, 0.5) is 5.69 Å². The Morgan fingerprint density at radius 2 is 1.80 bits per heavy atom. The van der Waals surface area contributed by atoms with Crippen LogP contribution in [0.15, 0.2) is 29.3 Å². The van der Waals surface area contributed by atoms with Crippen LogP contribution in [0.2, 0.25) is 0 Å². The van der Waals surface area contributed by atoms with E-state index >= 15 is 0 Å². The molecule has 0 amide bonds. The normalized spacial score (nSPS) is 19.2. The van der Waals surface area contributed by atoms with Crippen LogP contribution in [0.3, 0.4) is 0 Å². The van der Waals surface area contributed by atoms with Crippen molar-refractivity contribution in [2.45, 2.75) is 44.7 Å². The van der Waals surface area contributed by atoms with Crippen LogP contribution in [0, 0.1) is 0 Å². The summed E-state index contributed by atoms with van der Waals surface area (Å²) < 4.78 is 0. The average Bonchev–Trinajstić information content (AvgIpc) is 2.67. The molecular weight excluding hydrogens is 443 g/mol. The minimum Gasteiger partial charge on any atom is -0.370 e. The maximum absolute atomic E-state index is 4.37. The SMILES string of the molecule is CN=C(NCc1ccc(N2CCSCC2)cc1)NC1CCCCC1.I. The van der Waals surface area contributed by atoms with Crippen molar-refractivity contribution in [3.8, 4) is 0 Å². The third kappa shape index (κ3) is 6.55. The zero-order chi connectivity index (χ0) is 16.6. The Hall–Kier alpha value is -0.630. The van der Waals surface area contributed by atoms with Crippen molar-refractivity contribution in [3.05, 3.63) is 29.8 Å². The van der Waals surface area contributed by atoms with E-state index in [2.05, 4.69) is 56.6 Å². The summed E-state index contributed by atoms with van der Waals surface area (Å²) in [5, 5.41) is 7.02. The lowest BCUT2D eigenvalue weighted by molar-refractivity contribution is 0.410. The standard InChI is InChI=1S/C19H30N4S.HI/c1-20-19(22-17-5-3-2-4-6-17)21-15-16-7-9-18(10-8-16)23-11-13-24-14-12-23;/h7-10,17H,2-6,11-15H2,1H3,(H2,20,21,22);1H. The first kappa shape index (κ1) is 20.7. The molecular formula is C19H31IN4S. The van der Waals surface area contributed by atoms with Crippen molar-refractivity contribution >= 4 is 47.4 Å². The number of nitrogens with zero attached hydrogens (tertiary/aromatic N) is 2. The molecule has 1 aliphatic carbocycles. The first-order valence-electron chi connectivity index (χ1n) is 9.24. The van der Waals surface area contributed by atoms with Crippen molar-refractivity contribution in [1.29, 1.82) is 0 Å². The third-order valence-corrected chi connectivity index (χ3v) is 5.88. The Balaban J connectivity index is 0.00000225. The molecule has 0 radical (unpaired) electrons. The highest BCUT2D eigenvalue weighted by Gasteiger charge is 2.14. The largest absolute Gasteiger partial charge is 0.370 e. The van der Waals surface area contributed by atoms with Gasteiger partial charge in [-0.25, -0.2) is 0 Å². The summed E-state index contributed by atoms with van der Waals surface area (Å²) in [7, 11) is 1.86. The molecule has 0 unspecified atom stereocenters. The van der Waals surface area contributed by atoms with Gasteiger partial charge >= 0.3 is 0 Å². The van der Waals surface area contributed by atoms with Crippen molar-refractivity contribution in [2.24, 2.45) is 4.99 Å². The molecule has 3 rings (SSSR count). The van der Waals surface area contributed by atoms with Gasteiger partial charge in [0.1, 0.15) is 0 Å². The number of thioether (sulfide) groups is 1. The molecule has 2 fully saturated rings. The van der Waals surface area contributed by atoms with Crippen LogP contribution >= 0.6 is 35.7 Å². The number of nitrogens with one attached hydrogen (secondary N) is 2. The van der Waals surface area contributed by atoms with Crippen LogP contribution in [0.1, 0.15) is 37.7 Å². The van der Waals surface area contributed by atoms with E-state index in [0.717, 1.165) is 12.5 Å². The quantitative estimate of drug-likeness (QED) is 0.395. The first-order valence-corrected chi connectivity index (χ1v) is 10.4. The summed E-state index contributed by atoms with van der Waals surface area (Å²) in [6.45, 7) is 3.16. The molecule has 140 valence electrons. The summed E-state index contributed by atoms with van der Waals surface area (Å²) >= 11 is 2.05. The van der Waals surface area contributed by atoms with Gasteiger partial charge in [0.15, 0.2) is 5.96 Å². The van der Waals surface area contributed by atoms with E-state index in [0.29, 0.717) is 6.04 Å². The topological polar surface area (TPSA) is 39.7 Å². The zero-order valence-electron chi connectivity index (χ0n) is 15.2. The smallest absolute Gasteiger partial charge is 0.191 e. The van der Waals surface area contributed by atoms with E-state index in [9.17, 15) is 0 Å². The Labute approximate surface area is 173 Å². The Morgan fingerprint density at radius 3 is 2.44 bits per heavy atom. The van der Waals surface area contributed by atoms with Gasteiger partial charge in [0.25, 0.3) is 0 Å². The number of hydrogen-bond acceptors (Lipinski definition) is 3. The second kappa shape index (κ2) is 11.2. The fourth-order valence-corrected chi connectivity index (χ4v) is 4.37. The highest BCUT2D eigenvalue weighted by atomic mass is 127. The Kier molecular flexibility index (Phi) is 9.23. The van der Waals surface area contributed by atoms with Gasteiger partial charge in [-0.2, -0.15) is 11.8 Å². The van der Waals surface area contributed by atoms with E-state index in [1.807, 2.05) is 7.05 Å². The predicted molar refractivity (Wildman–Crippen MR) is 122 cm³/mol. The number of rotatable bonds is 4. The average molecular weight is 474 g/mol. The summed E-state index contributed by atoms with van der Waals surface area (Å²) in [6, 6.07) is 9.56. The molecule has 1 saturated carbocycles. The lowest BCUT2D eigenvalue weighted by Crippen LogP contribution is -2.43. The lowest BCUT2D eigenvalue weighted by atomic mass is 9.96. The van der Waals surface area contributed by atoms with Gasteiger partial charge in [-0.1, -0.05) is 31.4 Å². The van der Waals surface area contributed by atoms with E-state index in [-0.39, 0.29) is 24.0 Å². The highest BCUT2D eigenvalue weighted by Crippen LogP contribution is 2.20. The fourth-order valence-electron chi connectivity index (χ4n) is 3.47. The first-order chi connectivity index (χ1) is 11.8. The van der Waals surface area contributed by atoms with Crippen molar-refractivity contribution < 1.29 is 0 Å². The number of benzene rings is 1. The van der Waals surface area contributed by atoms with Crippen molar-refractivity contribution in [1.82, 2.24) is 10.6 Å². The molecule has 2 aliphatic rings. The fraction of sp³-hybridized carbons (Fsp3) is 0.632. The monoisotopic (exact) mass is 474 g/mol. The molecule has 1 aliphatic heterocycles. The minimum absolute atomic E-state index is 0. The molecule has 4 nitrogen and oxygen atoms in total. The van der Waals surface area contributed by atoms with Crippen LogP contribution in [-0.4, -0.2) is 43.6 Å². The lowest BCUT2D eigenvalue weighted by Gasteiger charge is -2.28. The Bertz CT molecular complexity index is 523. The van der Waals surface area contributed by atoms with Crippen LogP contribution < -0.4 is 15.5 Å². The van der Waals surface area contributed by atoms with Crippen molar-refractivity contribution in [2.75, 3.05) is 36.5 Å². The predicted octanol–water partition coefficient (Wildman–Crippen LogP) is 3.86. The third-order valence-electron chi connectivity index (χ3n) is 4.94. The maximum atomic E-state index is 4.37. The van der Waals surface area contributed by atoms with E-state index in [1.54, 1.807) is 0 Å². The summed E-state index contributed by atoms with van der Waals surface area (Å²) in [5.41, 5.74) is 2.65. The molecule has 25 heavy (non-hydrogen) atoms. The van der Waals surface area contributed by atoms with E-state index in [4.69, 9.17) is 0 Å². The van der Waals surface area contributed by atoms with Crippen molar-refractivity contribution in [3.63, 3.8) is 0 Å². The molecule has 0 bridgehead atoms. The van der Waals surface area contributed by atoms with Gasteiger partial charge in [0.05, 0.1) is 0 Å². The van der Waals surface area contributed by atoms with Crippen LogP contribution in [0.25, 0.3) is 0 Å². The maximum Gasteiger partial charge on any atom is 0.191 e. The second-order valence-corrected chi connectivity index (χ2v) is 7.90. The molecule has 0 aromatic heterocycles. The number of hydrogen-bond donors (Lipinski definition) is 2. The van der Waals surface area contributed by atoms with Gasteiger partial charge in [-0.3, -0.25) is 4.99 Å². The molecule has 1 aromatic carbocycles. The molecule has 0 atom stereocenters.